The lowest BCUT2D eigenvalue weighted by Crippen LogP contribution is -2.68. The molecule has 2 heterocycles. The van der Waals surface area contributed by atoms with Gasteiger partial charge in [0.2, 0.25) is 0 Å². The van der Waals surface area contributed by atoms with E-state index in [9.17, 15) is 0 Å². The van der Waals surface area contributed by atoms with E-state index >= 15 is 0 Å². The van der Waals surface area contributed by atoms with Crippen LogP contribution < -0.4 is 5.73 Å². The highest BCUT2D eigenvalue weighted by molar-refractivity contribution is 5.02. The predicted octanol–water partition coefficient (Wildman–Crippen LogP) is 2.08. The molecule has 2 N–H and O–H groups in total. The van der Waals surface area contributed by atoms with Gasteiger partial charge in [0.05, 0.1) is 11.2 Å². The molecule has 0 amide bonds. The Labute approximate surface area is 131 Å². The summed E-state index contributed by atoms with van der Waals surface area (Å²) in [6.45, 7) is 17.4. The molecular weight excluding hydrogens is 262 g/mol. The second-order valence-electron chi connectivity index (χ2n) is 8.25. The van der Waals surface area contributed by atoms with E-state index in [2.05, 4.69) is 44.4 Å². The zero-order valence-electron chi connectivity index (χ0n) is 14.7. The van der Waals surface area contributed by atoms with Gasteiger partial charge in [0, 0.05) is 25.2 Å². The van der Waals surface area contributed by atoms with Crippen LogP contribution in [-0.2, 0) is 4.74 Å². The van der Waals surface area contributed by atoms with Crippen LogP contribution in [0.5, 0.6) is 0 Å². The second kappa shape index (κ2) is 6.15. The third kappa shape index (κ3) is 3.98. The first-order chi connectivity index (χ1) is 9.72. The fraction of sp³-hybridized carbons (Fsp3) is 1.00. The molecule has 2 saturated heterocycles. The van der Waals surface area contributed by atoms with Gasteiger partial charge in [0.1, 0.15) is 0 Å². The van der Waals surface area contributed by atoms with Gasteiger partial charge in [-0.25, -0.2) is 0 Å². The summed E-state index contributed by atoms with van der Waals surface area (Å²) in [7, 11) is 0. The lowest BCUT2D eigenvalue weighted by atomic mass is 9.82. The van der Waals surface area contributed by atoms with Gasteiger partial charge < -0.3 is 15.4 Å². The summed E-state index contributed by atoms with van der Waals surface area (Å²) in [4.78, 5) is 5.23. The number of hydrogen-bond acceptors (Lipinski definition) is 4. The molecule has 21 heavy (non-hydrogen) atoms. The Bertz CT molecular complexity index is 330. The van der Waals surface area contributed by atoms with E-state index in [1.54, 1.807) is 0 Å². The summed E-state index contributed by atoms with van der Waals surface area (Å²) in [5, 5.41) is 0. The first kappa shape index (κ1) is 17.2. The fourth-order valence-electron chi connectivity index (χ4n) is 4.28. The molecule has 0 aromatic rings. The van der Waals surface area contributed by atoms with Crippen molar-refractivity contribution < 1.29 is 4.74 Å². The maximum absolute atomic E-state index is 6.26. The van der Waals surface area contributed by atoms with Crippen LogP contribution in [0.25, 0.3) is 0 Å². The summed E-state index contributed by atoms with van der Waals surface area (Å²) in [6, 6.07) is 0. The highest BCUT2D eigenvalue weighted by atomic mass is 16.5. The van der Waals surface area contributed by atoms with E-state index in [4.69, 9.17) is 10.5 Å². The third-order valence-electron chi connectivity index (χ3n) is 5.07. The largest absolute Gasteiger partial charge is 0.367 e. The molecule has 2 rings (SSSR count). The van der Waals surface area contributed by atoms with E-state index in [0.717, 1.165) is 19.6 Å². The molecule has 0 radical (unpaired) electrons. The van der Waals surface area contributed by atoms with Gasteiger partial charge >= 0.3 is 0 Å². The van der Waals surface area contributed by atoms with Gasteiger partial charge in [0.15, 0.2) is 0 Å². The predicted molar refractivity (Wildman–Crippen MR) is 88.6 cm³/mol. The van der Waals surface area contributed by atoms with E-state index in [0.29, 0.717) is 0 Å². The normalized spacial score (nSPS) is 29.4. The number of nitrogens with two attached hydrogens (primary N) is 1. The van der Waals surface area contributed by atoms with Crippen LogP contribution in [-0.4, -0.2) is 65.8 Å². The van der Waals surface area contributed by atoms with E-state index in [-0.39, 0.29) is 16.7 Å². The van der Waals surface area contributed by atoms with Crippen molar-refractivity contribution >= 4 is 0 Å². The van der Waals surface area contributed by atoms with E-state index in [1.165, 1.54) is 38.9 Å². The lowest BCUT2D eigenvalue weighted by molar-refractivity contribution is -0.203. The Morgan fingerprint density at radius 1 is 1.00 bits per heavy atom. The van der Waals surface area contributed by atoms with Crippen molar-refractivity contribution in [3.63, 3.8) is 0 Å². The van der Waals surface area contributed by atoms with Crippen molar-refractivity contribution in [1.82, 2.24) is 9.80 Å². The van der Waals surface area contributed by atoms with Crippen molar-refractivity contribution in [3.8, 4) is 0 Å². The maximum atomic E-state index is 6.26. The lowest BCUT2D eigenvalue weighted by Gasteiger charge is -2.56. The quantitative estimate of drug-likeness (QED) is 0.862. The Balaban J connectivity index is 2.10. The number of ether oxygens (including phenoxy) is 1. The molecule has 2 aliphatic rings. The first-order valence-electron chi connectivity index (χ1n) is 8.60. The van der Waals surface area contributed by atoms with Gasteiger partial charge in [-0.1, -0.05) is 6.92 Å². The number of hydrogen-bond donors (Lipinski definition) is 1. The molecule has 0 aliphatic carbocycles. The maximum Gasteiger partial charge on any atom is 0.0761 e. The Kier molecular flexibility index (Phi) is 5.04. The van der Waals surface area contributed by atoms with Crippen molar-refractivity contribution in [1.29, 1.82) is 0 Å². The SMILES string of the molecule is CCCN1CCC(CN)(N2CC(C)(C)OC(C)(C)C2)CC1. The smallest absolute Gasteiger partial charge is 0.0761 e. The minimum atomic E-state index is -0.0928. The number of likely N-dealkylation sites (tertiary alicyclic amines) is 1. The number of morpholine rings is 1. The number of rotatable bonds is 4. The van der Waals surface area contributed by atoms with Crippen LogP contribution in [0.3, 0.4) is 0 Å². The summed E-state index contributed by atoms with van der Waals surface area (Å²) in [6.07, 6.45) is 3.62. The first-order valence-corrected chi connectivity index (χ1v) is 8.60. The van der Waals surface area contributed by atoms with Crippen molar-refractivity contribution in [2.45, 2.75) is 70.6 Å². The average molecular weight is 297 g/mol. The number of piperidine rings is 1. The monoisotopic (exact) mass is 297 g/mol. The standard InChI is InChI=1S/C17H35N3O/c1-6-9-19-10-7-17(12-18,8-11-19)20-13-15(2,3)21-16(4,5)14-20/h6-14,18H2,1-5H3. The second-order valence-corrected chi connectivity index (χ2v) is 8.25. The summed E-state index contributed by atoms with van der Waals surface area (Å²) >= 11 is 0. The minimum absolute atomic E-state index is 0.0928. The van der Waals surface area contributed by atoms with Crippen molar-refractivity contribution in [3.05, 3.63) is 0 Å². The molecule has 0 saturated carbocycles. The molecular formula is C17H35N3O. The third-order valence-corrected chi connectivity index (χ3v) is 5.07. The van der Waals surface area contributed by atoms with Gasteiger partial charge in [-0.05, 0) is 66.6 Å². The van der Waals surface area contributed by atoms with E-state index < -0.39 is 0 Å². The van der Waals surface area contributed by atoms with Crippen molar-refractivity contribution in [2.24, 2.45) is 5.73 Å². The van der Waals surface area contributed by atoms with Crippen molar-refractivity contribution in [2.75, 3.05) is 39.3 Å². The summed E-state index contributed by atoms with van der Waals surface area (Å²) in [5.74, 6) is 0. The highest BCUT2D eigenvalue weighted by Crippen LogP contribution is 2.36. The van der Waals surface area contributed by atoms with Gasteiger partial charge in [-0.2, -0.15) is 0 Å². The summed E-state index contributed by atoms with van der Waals surface area (Å²) < 4.78 is 6.24. The van der Waals surface area contributed by atoms with Crippen LogP contribution in [0.2, 0.25) is 0 Å². The van der Waals surface area contributed by atoms with Crippen LogP contribution in [0.1, 0.15) is 53.9 Å². The minimum Gasteiger partial charge on any atom is -0.367 e. The van der Waals surface area contributed by atoms with Crippen LogP contribution in [0, 0.1) is 0 Å². The van der Waals surface area contributed by atoms with Crippen LogP contribution >= 0.6 is 0 Å². The molecule has 0 bridgehead atoms. The summed E-state index contributed by atoms with van der Waals surface area (Å²) in [5.41, 5.74) is 6.25. The zero-order chi connectivity index (χ0) is 15.7. The molecule has 4 heteroatoms. The zero-order valence-corrected chi connectivity index (χ0v) is 14.7. The van der Waals surface area contributed by atoms with Gasteiger partial charge in [-0.3, -0.25) is 4.90 Å². The molecule has 2 aliphatic heterocycles. The molecule has 2 fully saturated rings. The van der Waals surface area contributed by atoms with E-state index in [1.807, 2.05) is 0 Å². The Morgan fingerprint density at radius 2 is 1.52 bits per heavy atom. The molecule has 0 aromatic heterocycles. The van der Waals surface area contributed by atoms with Gasteiger partial charge in [0.25, 0.3) is 0 Å². The van der Waals surface area contributed by atoms with Crippen LogP contribution in [0.15, 0.2) is 0 Å². The molecule has 0 aromatic carbocycles. The topological polar surface area (TPSA) is 41.7 Å². The Morgan fingerprint density at radius 3 is 1.95 bits per heavy atom. The average Bonchev–Trinajstić information content (AvgIpc) is 2.36. The van der Waals surface area contributed by atoms with Gasteiger partial charge in [-0.15, -0.1) is 0 Å². The molecule has 4 nitrogen and oxygen atoms in total. The Hall–Kier alpha value is -0.160. The van der Waals surface area contributed by atoms with Crippen LogP contribution in [0.4, 0.5) is 0 Å². The highest BCUT2D eigenvalue weighted by Gasteiger charge is 2.47. The fourth-order valence-corrected chi connectivity index (χ4v) is 4.28. The molecule has 0 unspecified atom stereocenters. The number of nitrogens with zero attached hydrogens (tertiary/aromatic N) is 2. The molecule has 0 atom stereocenters. The molecule has 0 spiro atoms. The molecule has 124 valence electrons.